The number of ether oxygens (including phenoxy) is 2. The van der Waals surface area contributed by atoms with Gasteiger partial charge in [-0.25, -0.2) is 0 Å². The van der Waals surface area contributed by atoms with Crippen molar-refractivity contribution in [3.8, 4) is 5.75 Å². The summed E-state index contributed by atoms with van der Waals surface area (Å²) in [6.45, 7) is 6.19. The molecule has 1 aromatic carbocycles. The maximum absolute atomic E-state index is 5.91. The molecule has 2 atom stereocenters. The van der Waals surface area contributed by atoms with Crippen molar-refractivity contribution in [1.29, 1.82) is 0 Å². The third-order valence-electron chi connectivity index (χ3n) is 4.38. The highest BCUT2D eigenvalue weighted by Crippen LogP contribution is 2.45. The van der Waals surface area contributed by atoms with Gasteiger partial charge in [0, 0.05) is 5.41 Å². The van der Waals surface area contributed by atoms with Gasteiger partial charge in [-0.3, -0.25) is 0 Å². The molecule has 108 valence electrons. The highest BCUT2D eigenvalue weighted by atomic mass is 16.5. The number of benzene rings is 1. The van der Waals surface area contributed by atoms with Crippen molar-refractivity contribution >= 4 is 0 Å². The summed E-state index contributed by atoms with van der Waals surface area (Å²) in [6, 6.07) is 8.43. The molecule has 0 N–H and O–H groups in total. The van der Waals surface area contributed by atoms with E-state index in [2.05, 4.69) is 50.3 Å². The molecule has 0 spiro atoms. The Balaban J connectivity index is 1.55. The molecule has 1 aliphatic heterocycles. The Bertz CT molecular complexity index is 473. The smallest absolute Gasteiger partial charge is 0.119 e. The van der Waals surface area contributed by atoms with Crippen molar-refractivity contribution in [2.45, 2.75) is 39.2 Å². The minimum absolute atomic E-state index is 0.236. The first kappa shape index (κ1) is 13.7. The Hall–Kier alpha value is -1.28. The van der Waals surface area contributed by atoms with Crippen LogP contribution in [-0.4, -0.2) is 13.2 Å². The van der Waals surface area contributed by atoms with Gasteiger partial charge in [0.15, 0.2) is 0 Å². The molecule has 2 aliphatic rings. The van der Waals surface area contributed by atoms with Gasteiger partial charge in [0.05, 0.1) is 19.3 Å². The van der Waals surface area contributed by atoms with Crippen molar-refractivity contribution in [2.75, 3.05) is 13.2 Å². The summed E-state index contributed by atoms with van der Waals surface area (Å²) in [5.41, 5.74) is 1.52. The topological polar surface area (TPSA) is 18.5 Å². The van der Waals surface area contributed by atoms with Crippen LogP contribution in [0.25, 0.3) is 0 Å². The quantitative estimate of drug-likeness (QED) is 0.750. The van der Waals surface area contributed by atoms with Crippen molar-refractivity contribution in [2.24, 2.45) is 11.3 Å². The van der Waals surface area contributed by atoms with E-state index in [1.807, 2.05) is 0 Å². The minimum atomic E-state index is 0.236. The Labute approximate surface area is 121 Å². The molecule has 1 saturated heterocycles. The molecule has 0 amide bonds. The molecular formula is C18H24O2. The van der Waals surface area contributed by atoms with Gasteiger partial charge in [-0.2, -0.15) is 0 Å². The SMILES string of the molecule is CC1(C)COC1c1ccc(OCC2CC=CCC2)cc1. The van der Waals surface area contributed by atoms with Gasteiger partial charge < -0.3 is 9.47 Å². The maximum atomic E-state index is 5.91. The number of hydrogen-bond acceptors (Lipinski definition) is 2. The van der Waals surface area contributed by atoms with Gasteiger partial charge in [0.2, 0.25) is 0 Å². The summed E-state index contributed by atoms with van der Waals surface area (Å²) in [4.78, 5) is 0. The van der Waals surface area contributed by atoms with E-state index < -0.39 is 0 Å². The summed E-state index contributed by atoms with van der Waals surface area (Å²) in [7, 11) is 0. The summed E-state index contributed by atoms with van der Waals surface area (Å²) >= 11 is 0. The van der Waals surface area contributed by atoms with Gasteiger partial charge in [0.1, 0.15) is 5.75 Å². The average Bonchev–Trinajstić information content (AvgIpc) is 2.47. The van der Waals surface area contributed by atoms with Crippen LogP contribution in [0, 0.1) is 11.3 Å². The van der Waals surface area contributed by atoms with Gasteiger partial charge >= 0.3 is 0 Å². The third kappa shape index (κ3) is 2.90. The highest BCUT2D eigenvalue weighted by molar-refractivity contribution is 5.30. The van der Waals surface area contributed by atoms with E-state index >= 15 is 0 Å². The van der Waals surface area contributed by atoms with Gasteiger partial charge in [-0.15, -0.1) is 0 Å². The predicted molar refractivity (Wildman–Crippen MR) is 80.9 cm³/mol. The molecule has 1 aliphatic carbocycles. The van der Waals surface area contributed by atoms with Crippen LogP contribution in [-0.2, 0) is 4.74 Å². The van der Waals surface area contributed by atoms with Crippen molar-refractivity contribution < 1.29 is 9.47 Å². The van der Waals surface area contributed by atoms with E-state index in [1.165, 1.54) is 18.4 Å². The van der Waals surface area contributed by atoms with Crippen molar-refractivity contribution in [3.05, 3.63) is 42.0 Å². The lowest BCUT2D eigenvalue weighted by Crippen LogP contribution is -2.40. The van der Waals surface area contributed by atoms with Crippen LogP contribution in [0.2, 0.25) is 0 Å². The van der Waals surface area contributed by atoms with E-state index in [1.54, 1.807) is 0 Å². The van der Waals surface area contributed by atoms with E-state index in [-0.39, 0.29) is 11.5 Å². The average molecular weight is 272 g/mol. The fourth-order valence-electron chi connectivity index (χ4n) is 3.01. The molecule has 0 aromatic heterocycles. The zero-order chi connectivity index (χ0) is 14.0. The van der Waals surface area contributed by atoms with Crippen LogP contribution in [0.15, 0.2) is 36.4 Å². The predicted octanol–water partition coefficient (Wildman–Crippen LogP) is 4.52. The summed E-state index contributed by atoms with van der Waals surface area (Å²) in [5, 5.41) is 0. The molecule has 1 heterocycles. The third-order valence-corrected chi connectivity index (χ3v) is 4.38. The molecule has 1 aromatic rings. The van der Waals surface area contributed by atoms with E-state index in [4.69, 9.17) is 9.47 Å². The second-order valence-electron chi connectivity index (χ2n) is 6.71. The van der Waals surface area contributed by atoms with E-state index in [0.717, 1.165) is 25.4 Å². The molecule has 0 saturated carbocycles. The standard InChI is InChI=1S/C18H24O2/c1-18(2)13-20-17(18)15-8-10-16(11-9-15)19-12-14-6-4-3-5-7-14/h3-4,8-11,14,17H,5-7,12-13H2,1-2H3. The van der Waals surface area contributed by atoms with Crippen molar-refractivity contribution in [1.82, 2.24) is 0 Å². The molecule has 2 nitrogen and oxygen atoms in total. The zero-order valence-corrected chi connectivity index (χ0v) is 12.5. The summed E-state index contributed by atoms with van der Waals surface area (Å²) < 4.78 is 11.6. The highest BCUT2D eigenvalue weighted by Gasteiger charge is 2.40. The molecule has 20 heavy (non-hydrogen) atoms. The lowest BCUT2D eigenvalue weighted by Gasteiger charge is -2.44. The van der Waals surface area contributed by atoms with Gasteiger partial charge in [0.25, 0.3) is 0 Å². The molecule has 0 radical (unpaired) electrons. The molecule has 2 heteroatoms. The van der Waals surface area contributed by atoms with Crippen LogP contribution in [0.4, 0.5) is 0 Å². The monoisotopic (exact) mass is 272 g/mol. The number of hydrogen-bond donors (Lipinski definition) is 0. The van der Waals surface area contributed by atoms with Crippen LogP contribution in [0.3, 0.4) is 0 Å². The Kier molecular flexibility index (Phi) is 3.84. The Morgan fingerprint density at radius 3 is 2.55 bits per heavy atom. The molecular weight excluding hydrogens is 248 g/mol. The minimum Gasteiger partial charge on any atom is -0.493 e. The number of allylic oxidation sites excluding steroid dienone is 2. The Morgan fingerprint density at radius 1 is 1.20 bits per heavy atom. The van der Waals surface area contributed by atoms with Gasteiger partial charge in [-0.1, -0.05) is 38.1 Å². The largest absolute Gasteiger partial charge is 0.493 e. The first-order valence-corrected chi connectivity index (χ1v) is 7.64. The van der Waals surface area contributed by atoms with Crippen LogP contribution >= 0.6 is 0 Å². The normalized spacial score (nSPS) is 27.9. The zero-order valence-electron chi connectivity index (χ0n) is 12.5. The first-order chi connectivity index (χ1) is 9.65. The number of rotatable bonds is 4. The molecule has 3 rings (SSSR count). The van der Waals surface area contributed by atoms with E-state index in [9.17, 15) is 0 Å². The van der Waals surface area contributed by atoms with Crippen LogP contribution in [0.5, 0.6) is 5.75 Å². The summed E-state index contributed by atoms with van der Waals surface area (Å²) in [5.74, 6) is 1.65. The first-order valence-electron chi connectivity index (χ1n) is 7.64. The second kappa shape index (κ2) is 5.61. The molecule has 2 unspecified atom stereocenters. The van der Waals surface area contributed by atoms with Crippen molar-refractivity contribution in [3.63, 3.8) is 0 Å². The fraction of sp³-hybridized carbons (Fsp3) is 0.556. The van der Waals surface area contributed by atoms with Gasteiger partial charge in [-0.05, 0) is 42.9 Å². The molecule has 1 fully saturated rings. The van der Waals surface area contributed by atoms with E-state index in [0.29, 0.717) is 5.92 Å². The maximum Gasteiger partial charge on any atom is 0.119 e. The lowest BCUT2D eigenvalue weighted by molar-refractivity contribution is -0.172. The van der Waals surface area contributed by atoms with Crippen LogP contribution < -0.4 is 4.74 Å². The molecule has 0 bridgehead atoms. The van der Waals surface area contributed by atoms with Crippen LogP contribution in [0.1, 0.15) is 44.8 Å². The summed E-state index contributed by atoms with van der Waals surface area (Å²) in [6.07, 6.45) is 8.38. The lowest BCUT2D eigenvalue weighted by atomic mass is 9.79. The second-order valence-corrected chi connectivity index (χ2v) is 6.71. The fourth-order valence-corrected chi connectivity index (χ4v) is 3.01. The Morgan fingerprint density at radius 2 is 2.00 bits per heavy atom.